The third kappa shape index (κ3) is 7.41. The molecule has 2 aromatic rings. The summed E-state index contributed by atoms with van der Waals surface area (Å²) in [6.07, 6.45) is 7.01. The first-order chi connectivity index (χ1) is 20.3. The number of hydrogen-bond acceptors (Lipinski definition) is 7. The Balaban J connectivity index is 1.70. The van der Waals surface area contributed by atoms with Crippen LogP contribution in [0.2, 0.25) is 0 Å². The van der Waals surface area contributed by atoms with Gasteiger partial charge in [-0.15, -0.1) is 0 Å². The molecule has 42 heavy (non-hydrogen) atoms. The van der Waals surface area contributed by atoms with Crippen molar-refractivity contribution >= 4 is 41.3 Å². The first kappa shape index (κ1) is 32.2. The molecule has 0 spiro atoms. The quantitative estimate of drug-likeness (QED) is 0.211. The number of nitrogens with one attached hydrogen (secondary N) is 3. The third-order valence-corrected chi connectivity index (χ3v) is 9.19. The van der Waals surface area contributed by atoms with Crippen LogP contribution in [0.15, 0.2) is 30.5 Å². The minimum absolute atomic E-state index is 0.0659. The summed E-state index contributed by atoms with van der Waals surface area (Å²) < 4.78 is 1.65. The summed E-state index contributed by atoms with van der Waals surface area (Å²) in [7, 11) is 1.58. The van der Waals surface area contributed by atoms with Crippen molar-refractivity contribution in [2.45, 2.75) is 102 Å². The van der Waals surface area contributed by atoms with Crippen LogP contribution in [0.4, 0.5) is 0 Å². The van der Waals surface area contributed by atoms with Crippen molar-refractivity contribution in [1.82, 2.24) is 25.6 Å². The van der Waals surface area contributed by atoms with Gasteiger partial charge in [-0.2, -0.15) is 17.4 Å². The van der Waals surface area contributed by atoms with E-state index in [9.17, 15) is 19.5 Å². The van der Waals surface area contributed by atoms with E-state index in [1.165, 1.54) is 0 Å². The van der Waals surface area contributed by atoms with E-state index in [1.807, 2.05) is 49.2 Å². The Bertz CT molecular complexity index is 1220. The number of piperidine rings is 1. The highest BCUT2D eigenvalue weighted by atomic mass is 32.1. The number of rotatable bonds is 10. The van der Waals surface area contributed by atoms with E-state index in [1.54, 1.807) is 11.8 Å². The van der Waals surface area contributed by atoms with E-state index in [2.05, 4.69) is 28.6 Å². The van der Waals surface area contributed by atoms with E-state index in [-0.39, 0.29) is 30.1 Å². The van der Waals surface area contributed by atoms with Gasteiger partial charge in [-0.25, -0.2) is 0 Å². The Hall–Kier alpha value is -2.76. The summed E-state index contributed by atoms with van der Waals surface area (Å²) in [6.45, 7) is 4.54. The number of amides is 3. The highest BCUT2D eigenvalue weighted by Gasteiger charge is 2.41. The maximum Gasteiger partial charge on any atom is 0.243 e. The number of fused-ring (bicyclic) bond motifs is 2. The van der Waals surface area contributed by atoms with Crippen molar-refractivity contribution in [2.75, 3.05) is 19.4 Å². The lowest BCUT2D eigenvalue weighted by molar-refractivity contribution is -0.144. The second kappa shape index (κ2) is 15.1. The summed E-state index contributed by atoms with van der Waals surface area (Å²) in [4.78, 5) is 48.8. The van der Waals surface area contributed by atoms with Gasteiger partial charge >= 0.3 is 0 Å². The zero-order valence-corrected chi connectivity index (χ0v) is 25.9. The average molecular weight is 602 g/mol. The molecular formula is C31H47N5O5S. The van der Waals surface area contributed by atoms with E-state index < -0.39 is 30.4 Å². The van der Waals surface area contributed by atoms with Crippen molar-refractivity contribution in [1.29, 1.82) is 0 Å². The van der Waals surface area contributed by atoms with Crippen molar-refractivity contribution in [3.63, 3.8) is 0 Å². The highest BCUT2D eigenvalue weighted by molar-refractivity contribution is 7.80. The molecule has 2 saturated heterocycles. The summed E-state index contributed by atoms with van der Waals surface area (Å²) in [5.41, 5.74) is 1.69. The molecule has 3 heterocycles. The minimum Gasteiger partial charge on any atom is -0.417 e. The Morgan fingerprint density at radius 2 is 1.76 bits per heavy atom. The lowest BCUT2D eigenvalue weighted by Gasteiger charge is -2.43. The summed E-state index contributed by atoms with van der Waals surface area (Å²) in [5, 5.41) is 21.7. The number of thiol groups is 1. The number of aromatic nitrogens is 1. The second-order valence-corrected chi connectivity index (χ2v) is 12.1. The number of para-hydroxylation sites is 1. The fourth-order valence-corrected chi connectivity index (χ4v) is 6.42. The Kier molecular flexibility index (Phi) is 11.6. The van der Waals surface area contributed by atoms with Gasteiger partial charge in [0.05, 0.1) is 17.6 Å². The summed E-state index contributed by atoms with van der Waals surface area (Å²) in [5.74, 6) is -0.307. The van der Waals surface area contributed by atoms with Crippen LogP contribution in [0, 0.1) is 5.92 Å². The zero-order valence-electron chi connectivity index (χ0n) is 25.1. The predicted molar refractivity (Wildman–Crippen MR) is 166 cm³/mol. The molecule has 1 aromatic heterocycles. The molecule has 4 rings (SSSR count). The molecule has 11 heteroatoms. The van der Waals surface area contributed by atoms with E-state index in [0.717, 1.165) is 60.7 Å². The maximum atomic E-state index is 14.0. The van der Waals surface area contributed by atoms with Crippen LogP contribution < -0.4 is 20.8 Å². The number of carbonyl (C=O) groups is 3. The molecule has 0 saturated carbocycles. The molecule has 0 radical (unpaired) electrons. The molecule has 2 aliphatic rings. The molecule has 2 unspecified atom stereocenters. The molecule has 10 nitrogen and oxygen atoms in total. The van der Waals surface area contributed by atoms with E-state index in [0.29, 0.717) is 19.4 Å². The zero-order chi connectivity index (χ0) is 30.2. The summed E-state index contributed by atoms with van der Waals surface area (Å²) >= 11 is 4.29. The van der Waals surface area contributed by atoms with Crippen LogP contribution in [0.25, 0.3) is 10.9 Å². The number of aliphatic hydroxyl groups is 1. The van der Waals surface area contributed by atoms with Gasteiger partial charge in [0.1, 0.15) is 25.4 Å². The van der Waals surface area contributed by atoms with Crippen LogP contribution in [-0.4, -0.2) is 82.3 Å². The number of unbranched alkanes of at least 4 members (excludes halogenated alkanes) is 2. The molecule has 4 N–H and O–H groups in total. The molecular weight excluding hydrogens is 554 g/mol. The predicted octanol–water partition coefficient (Wildman–Crippen LogP) is 2.42. The number of hydrogen-bond donors (Lipinski definition) is 5. The lowest BCUT2D eigenvalue weighted by Crippen LogP contribution is -2.65. The molecule has 0 aliphatic carbocycles. The van der Waals surface area contributed by atoms with Crippen molar-refractivity contribution in [2.24, 2.45) is 5.92 Å². The smallest absolute Gasteiger partial charge is 0.243 e. The monoisotopic (exact) mass is 601 g/mol. The van der Waals surface area contributed by atoms with Crippen molar-refractivity contribution in [3.05, 3.63) is 36.0 Å². The van der Waals surface area contributed by atoms with Gasteiger partial charge < -0.3 is 25.9 Å². The first-order valence-corrected chi connectivity index (χ1v) is 16.0. The van der Waals surface area contributed by atoms with Gasteiger partial charge in [0.15, 0.2) is 0 Å². The Labute approximate surface area is 254 Å². The molecule has 0 bridgehead atoms. The fourth-order valence-electron chi connectivity index (χ4n) is 6.19. The van der Waals surface area contributed by atoms with Crippen LogP contribution in [0.5, 0.6) is 0 Å². The van der Waals surface area contributed by atoms with Crippen LogP contribution in [0.3, 0.4) is 0 Å². The van der Waals surface area contributed by atoms with Gasteiger partial charge in [-0.3, -0.25) is 19.3 Å². The van der Waals surface area contributed by atoms with Crippen LogP contribution in [0.1, 0.15) is 70.8 Å². The third-order valence-electron chi connectivity index (χ3n) is 8.87. The molecule has 3 amide bonds. The van der Waals surface area contributed by atoms with E-state index in [4.69, 9.17) is 4.84 Å². The molecule has 1 aromatic carbocycles. The Morgan fingerprint density at radius 1 is 1.02 bits per heavy atom. The lowest BCUT2D eigenvalue weighted by atomic mass is 9.92. The van der Waals surface area contributed by atoms with Gasteiger partial charge in [0.25, 0.3) is 0 Å². The normalized spacial score (nSPS) is 26.8. The van der Waals surface area contributed by atoms with Crippen molar-refractivity contribution < 1.29 is 24.3 Å². The van der Waals surface area contributed by atoms with Gasteiger partial charge in [-0.1, -0.05) is 57.7 Å². The first-order valence-electron chi connectivity index (χ1n) is 15.4. The average Bonchev–Trinajstić information content (AvgIpc) is 3.36. The fraction of sp³-hybridized carbons (Fsp3) is 0.645. The number of benzene rings is 1. The van der Waals surface area contributed by atoms with E-state index >= 15 is 0 Å². The second-order valence-electron chi connectivity index (χ2n) is 11.7. The molecule has 2 fully saturated rings. The SMILES string of the molecule is CCC(C)[C@@H]1NC(=O)[C@H](Cc2cn(OC)c3ccccc23)NC(=O)[C@H](CCCCCS)NC(=O)[C@H]2CCCCN2C1O. The summed E-state index contributed by atoms with van der Waals surface area (Å²) in [6, 6.07) is 4.82. The van der Waals surface area contributed by atoms with Gasteiger partial charge in [-0.05, 0) is 49.0 Å². The number of nitrogens with zero attached hydrogens (tertiary/aromatic N) is 2. The molecule has 232 valence electrons. The number of aliphatic hydroxyl groups excluding tert-OH is 1. The largest absolute Gasteiger partial charge is 0.417 e. The topological polar surface area (TPSA) is 125 Å². The Morgan fingerprint density at radius 3 is 2.50 bits per heavy atom. The maximum absolute atomic E-state index is 14.0. The highest BCUT2D eigenvalue weighted by Crippen LogP contribution is 2.26. The standard InChI is InChI=1S/C31H47N5O5S/c1-4-20(2)27-31(40)35-16-10-9-15-26(35)30(39)32-23(13-6-5-11-17-42)28(37)33-24(29(38)34-27)18-21-19-36(41-3)25-14-8-7-12-22(21)25/h7-8,12,14,19-20,23-24,26-27,31,40,42H,4-6,9-11,13,15-18H2,1-3H3,(H,32,39)(H,33,37)(H,34,38)/t20?,23-,24-,26+,27-,31?/m0/s1. The van der Waals surface area contributed by atoms with Gasteiger partial charge in [0.2, 0.25) is 17.7 Å². The molecule has 2 aliphatic heterocycles. The van der Waals surface area contributed by atoms with Gasteiger partial charge in [0, 0.05) is 24.5 Å². The number of carbonyl (C=O) groups excluding carboxylic acids is 3. The molecule has 6 atom stereocenters. The van der Waals surface area contributed by atoms with Crippen LogP contribution >= 0.6 is 12.6 Å². The minimum atomic E-state index is -1.04. The van der Waals surface area contributed by atoms with Crippen LogP contribution in [-0.2, 0) is 20.8 Å². The van der Waals surface area contributed by atoms with Crippen molar-refractivity contribution in [3.8, 4) is 0 Å².